The number of esters is 1. The van der Waals surface area contributed by atoms with Gasteiger partial charge >= 0.3 is 18.0 Å². The number of carbonyl (C=O) groups excluding carboxylic acids is 2. The van der Waals surface area contributed by atoms with Crippen molar-refractivity contribution in [1.82, 2.24) is 5.32 Å². The molecule has 1 unspecified atom stereocenters. The van der Waals surface area contributed by atoms with Crippen LogP contribution in [-0.4, -0.2) is 36.0 Å². The Morgan fingerprint density at radius 2 is 1.79 bits per heavy atom. The van der Waals surface area contributed by atoms with Crippen LogP contribution in [0.2, 0.25) is 5.02 Å². The molecular weight excluding hydrogens is 398 g/mol. The fraction of sp³-hybridized carbons (Fsp3) is 0.571. The lowest BCUT2D eigenvalue weighted by Crippen LogP contribution is -2.35. The van der Waals surface area contributed by atoms with Crippen LogP contribution >= 0.6 is 11.6 Å². The van der Waals surface area contributed by atoms with Gasteiger partial charge in [0.15, 0.2) is 0 Å². The lowest BCUT2D eigenvalue weighted by Gasteiger charge is -2.24. The fourth-order valence-corrected chi connectivity index (χ4v) is 3.50. The third-order valence-corrected chi connectivity index (χ3v) is 5.27. The Morgan fingerprint density at radius 1 is 1.14 bits per heavy atom. The quantitative estimate of drug-likeness (QED) is 0.446. The van der Waals surface area contributed by atoms with Gasteiger partial charge in [-0.3, -0.25) is 9.59 Å². The number of rotatable bonds is 9. The van der Waals surface area contributed by atoms with E-state index < -0.39 is 24.3 Å². The Labute approximate surface area is 175 Å². The predicted molar refractivity (Wildman–Crippen MR) is 108 cm³/mol. The Hall–Kier alpha value is -2.28. The van der Waals surface area contributed by atoms with Gasteiger partial charge in [-0.25, -0.2) is 4.79 Å². The molecular formula is C21H28ClNO6. The zero-order chi connectivity index (χ0) is 21.2. The molecule has 29 heavy (non-hydrogen) atoms. The van der Waals surface area contributed by atoms with E-state index in [0.717, 1.165) is 37.7 Å². The molecule has 1 aromatic carbocycles. The van der Waals surface area contributed by atoms with E-state index in [4.69, 9.17) is 26.2 Å². The van der Waals surface area contributed by atoms with Crippen LogP contribution in [-0.2, 0) is 19.1 Å². The van der Waals surface area contributed by atoms with Gasteiger partial charge in [0, 0.05) is 23.9 Å². The van der Waals surface area contributed by atoms with Crippen molar-refractivity contribution >= 4 is 29.6 Å². The second-order valence-corrected chi connectivity index (χ2v) is 7.68. The van der Waals surface area contributed by atoms with Gasteiger partial charge in [0.05, 0.1) is 12.3 Å². The summed E-state index contributed by atoms with van der Waals surface area (Å²) in [5.41, 5.74) is 0.743. The summed E-state index contributed by atoms with van der Waals surface area (Å²) in [6, 6.07) is 6.79. The number of hydrogen-bond donors (Lipinski definition) is 2. The third-order valence-electron chi connectivity index (χ3n) is 5.01. The lowest BCUT2D eigenvalue weighted by atomic mass is 9.89. The highest BCUT2D eigenvalue weighted by atomic mass is 35.5. The maximum absolute atomic E-state index is 12.2. The summed E-state index contributed by atoms with van der Waals surface area (Å²) >= 11 is 5.87. The van der Waals surface area contributed by atoms with Gasteiger partial charge in [-0.1, -0.05) is 49.9 Å². The first-order valence-electron chi connectivity index (χ1n) is 10.0. The summed E-state index contributed by atoms with van der Waals surface area (Å²) in [5.74, 6) is -1.88. The van der Waals surface area contributed by atoms with Gasteiger partial charge < -0.3 is 19.9 Å². The van der Waals surface area contributed by atoms with Crippen LogP contribution < -0.4 is 5.32 Å². The highest BCUT2D eigenvalue weighted by Crippen LogP contribution is 2.25. The standard InChI is InChI=1S/C21H28ClNO6/c1-2-19(28-20(26)15-6-4-3-5-7-15)29-21(27)23-13-16(12-18(24)25)14-8-10-17(22)11-9-14/h8-11,15-16,19H,2-7,12-13H2,1H3,(H,23,27)(H,24,25)/t16-,19?/m0/s1. The van der Waals surface area contributed by atoms with E-state index in [0.29, 0.717) is 11.4 Å². The first kappa shape index (κ1) is 23.0. The minimum Gasteiger partial charge on any atom is -0.481 e. The molecule has 1 aromatic rings. The summed E-state index contributed by atoms with van der Waals surface area (Å²) < 4.78 is 10.6. The largest absolute Gasteiger partial charge is 0.481 e. The fourth-order valence-electron chi connectivity index (χ4n) is 3.38. The smallest absolute Gasteiger partial charge is 0.410 e. The van der Waals surface area contributed by atoms with Crippen molar-refractivity contribution in [3.63, 3.8) is 0 Å². The molecule has 2 atom stereocenters. The van der Waals surface area contributed by atoms with Gasteiger partial charge in [-0.05, 0) is 30.5 Å². The molecule has 0 heterocycles. The van der Waals surface area contributed by atoms with Gasteiger partial charge in [0.2, 0.25) is 6.29 Å². The van der Waals surface area contributed by atoms with E-state index in [1.54, 1.807) is 31.2 Å². The molecule has 1 fully saturated rings. The Bertz CT molecular complexity index is 687. The molecule has 7 nitrogen and oxygen atoms in total. The summed E-state index contributed by atoms with van der Waals surface area (Å²) in [5, 5.41) is 12.3. The average Bonchev–Trinajstić information content (AvgIpc) is 2.71. The van der Waals surface area contributed by atoms with Crippen molar-refractivity contribution < 1.29 is 29.0 Å². The highest BCUT2D eigenvalue weighted by molar-refractivity contribution is 6.30. The molecule has 2 rings (SSSR count). The number of amides is 1. The van der Waals surface area contributed by atoms with Crippen molar-refractivity contribution in [2.75, 3.05) is 6.54 Å². The Kier molecular flexibility index (Phi) is 9.25. The molecule has 0 aromatic heterocycles. The number of carboxylic acid groups (broad SMARTS) is 1. The lowest BCUT2D eigenvalue weighted by molar-refractivity contribution is -0.174. The monoisotopic (exact) mass is 425 g/mol. The highest BCUT2D eigenvalue weighted by Gasteiger charge is 2.26. The Balaban J connectivity index is 1.86. The first-order valence-corrected chi connectivity index (χ1v) is 10.4. The van der Waals surface area contributed by atoms with E-state index in [9.17, 15) is 14.4 Å². The van der Waals surface area contributed by atoms with Crippen LogP contribution in [0.3, 0.4) is 0 Å². The average molecular weight is 426 g/mol. The molecule has 1 aliphatic carbocycles. The third kappa shape index (κ3) is 7.93. The number of benzene rings is 1. The van der Waals surface area contributed by atoms with Crippen molar-refractivity contribution in [1.29, 1.82) is 0 Å². The zero-order valence-electron chi connectivity index (χ0n) is 16.6. The van der Waals surface area contributed by atoms with Crippen LogP contribution in [0.25, 0.3) is 0 Å². The molecule has 1 amide bonds. The summed E-state index contributed by atoms with van der Waals surface area (Å²) in [6.45, 7) is 1.83. The molecule has 8 heteroatoms. The summed E-state index contributed by atoms with van der Waals surface area (Å²) in [6.07, 6.45) is 3.22. The van der Waals surface area contributed by atoms with E-state index in [1.807, 2.05) is 0 Å². The molecule has 160 valence electrons. The number of aliphatic carboxylic acids is 1. The number of hydrogen-bond acceptors (Lipinski definition) is 5. The van der Waals surface area contributed by atoms with E-state index in [2.05, 4.69) is 5.32 Å². The molecule has 0 saturated heterocycles. The second kappa shape index (κ2) is 11.7. The van der Waals surface area contributed by atoms with Crippen molar-refractivity contribution in [2.24, 2.45) is 5.92 Å². The van der Waals surface area contributed by atoms with E-state index in [1.165, 1.54) is 0 Å². The van der Waals surface area contributed by atoms with Crippen molar-refractivity contribution in [3.05, 3.63) is 34.9 Å². The summed E-state index contributed by atoms with van der Waals surface area (Å²) in [7, 11) is 0. The topological polar surface area (TPSA) is 102 Å². The number of halogens is 1. The van der Waals surface area contributed by atoms with Crippen LogP contribution in [0.4, 0.5) is 4.79 Å². The first-order chi connectivity index (χ1) is 13.9. The predicted octanol–water partition coefficient (Wildman–Crippen LogP) is 4.48. The van der Waals surface area contributed by atoms with Crippen molar-refractivity contribution in [3.8, 4) is 0 Å². The molecule has 0 spiro atoms. The SMILES string of the molecule is CCC(OC(=O)NC[C@H](CC(=O)O)c1ccc(Cl)cc1)OC(=O)C1CCCCC1. The molecule has 0 aliphatic heterocycles. The molecule has 0 radical (unpaired) electrons. The summed E-state index contributed by atoms with van der Waals surface area (Å²) in [4.78, 5) is 35.6. The van der Waals surface area contributed by atoms with Crippen molar-refractivity contribution in [2.45, 2.75) is 64.1 Å². The molecule has 2 N–H and O–H groups in total. The number of nitrogens with one attached hydrogen (secondary N) is 1. The molecule has 1 aliphatic rings. The Morgan fingerprint density at radius 3 is 2.38 bits per heavy atom. The number of carbonyl (C=O) groups is 3. The maximum Gasteiger partial charge on any atom is 0.410 e. The van der Waals surface area contributed by atoms with Crippen LogP contribution in [0.15, 0.2) is 24.3 Å². The van der Waals surface area contributed by atoms with Crippen LogP contribution in [0.5, 0.6) is 0 Å². The van der Waals surface area contributed by atoms with Gasteiger partial charge in [-0.2, -0.15) is 0 Å². The normalized spacial score (nSPS) is 16.5. The minimum atomic E-state index is -0.979. The number of ether oxygens (including phenoxy) is 2. The number of carboxylic acids is 1. The minimum absolute atomic E-state index is 0.0692. The zero-order valence-corrected chi connectivity index (χ0v) is 17.3. The van der Waals surface area contributed by atoms with Gasteiger partial charge in [0.1, 0.15) is 0 Å². The van der Waals surface area contributed by atoms with Crippen LogP contribution in [0, 0.1) is 5.92 Å². The maximum atomic E-state index is 12.2. The molecule has 1 saturated carbocycles. The van der Waals surface area contributed by atoms with Gasteiger partial charge in [0.25, 0.3) is 0 Å². The van der Waals surface area contributed by atoms with Crippen LogP contribution in [0.1, 0.15) is 63.4 Å². The second-order valence-electron chi connectivity index (χ2n) is 7.24. The van der Waals surface area contributed by atoms with E-state index in [-0.39, 0.29) is 24.9 Å². The number of alkyl carbamates (subject to hydrolysis) is 1. The molecule has 0 bridgehead atoms. The van der Waals surface area contributed by atoms with E-state index >= 15 is 0 Å². The van der Waals surface area contributed by atoms with Gasteiger partial charge in [-0.15, -0.1) is 0 Å².